The maximum atomic E-state index is 15.5. The fraction of sp³-hybridized carbons (Fsp3) is 0.179. The van der Waals surface area contributed by atoms with Gasteiger partial charge in [0.1, 0.15) is 35.2 Å². The van der Waals surface area contributed by atoms with Gasteiger partial charge in [-0.15, -0.1) is 0 Å². The van der Waals surface area contributed by atoms with E-state index in [0.717, 1.165) is 5.57 Å². The predicted molar refractivity (Wildman–Crippen MR) is 147 cm³/mol. The molecule has 0 saturated carbocycles. The zero-order valence-electron chi connectivity index (χ0n) is 22.1. The number of rotatable bonds is 7. The van der Waals surface area contributed by atoms with Crippen molar-refractivity contribution in [3.05, 3.63) is 85.2 Å². The highest BCUT2D eigenvalue weighted by Crippen LogP contribution is 2.39. The summed E-state index contributed by atoms with van der Waals surface area (Å²) in [6.45, 7) is 5.87. The third kappa shape index (κ3) is 4.98. The molecule has 42 heavy (non-hydrogen) atoms. The number of carbonyl (C=O) groups excluding carboxylic acids is 1. The number of halogens is 3. The fourth-order valence-corrected chi connectivity index (χ4v) is 4.70. The Hall–Kier alpha value is -5.40. The first-order valence-electron chi connectivity index (χ1n) is 12.8. The number of ether oxygens (including phenoxy) is 1. The molecule has 1 atom stereocenters. The number of hydrogen-bond donors (Lipinski definition) is 1. The van der Waals surface area contributed by atoms with E-state index in [1.165, 1.54) is 53.7 Å². The third-order valence-electron chi connectivity index (χ3n) is 6.77. The molecule has 1 amide bonds. The lowest BCUT2D eigenvalue weighted by atomic mass is 10.0. The van der Waals surface area contributed by atoms with E-state index in [2.05, 4.69) is 41.9 Å². The molecular formula is C28H22F3N9O2. The first-order valence-corrected chi connectivity index (χ1v) is 12.8. The quantitative estimate of drug-likeness (QED) is 0.260. The number of anilines is 2. The summed E-state index contributed by atoms with van der Waals surface area (Å²) in [5.41, 5.74) is 0.694. The van der Waals surface area contributed by atoms with E-state index in [-0.39, 0.29) is 40.5 Å². The molecule has 1 aromatic carbocycles. The van der Waals surface area contributed by atoms with Crippen molar-refractivity contribution in [2.24, 2.45) is 0 Å². The maximum Gasteiger partial charge on any atom is 0.270 e. The molecule has 212 valence electrons. The number of fused-ring (bicyclic) bond motifs is 2. The molecular weight excluding hydrogens is 551 g/mol. The van der Waals surface area contributed by atoms with Gasteiger partial charge in [0.25, 0.3) is 6.43 Å². The van der Waals surface area contributed by atoms with Gasteiger partial charge < -0.3 is 15.0 Å². The molecule has 11 nitrogen and oxygen atoms in total. The van der Waals surface area contributed by atoms with Crippen LogP contribution in [0.1, 0.15) is 31.2 Å². The van der Waals surface area contributed by atoms with Gasteiger partial charge in [-0.3, -0.25) is 4.79 Å². The van der Waals surface area contributed by atoms with Gasteiger partial charge >= 0.3 is 0 Å². The molecule has 1 unspecified atom stereocenters. The highest BCUT2D eigenvalue weighted by Gasteiger charge is 2.26. The van der Waals surface area contributed by atoms with Crippen LogP contribution in [0, 0.1) is 5.82 Å². The summed E-state index contributed by atoms with van der Waals surface area (Å²) in [6, 6.07) is 5.31. The Morgan fingerprint density at radius 2 is 2.05 bits per heavy atom. The minimum atomic E-state index is -3.18. The van der Waals surface area contributed by atoms with Crippen LogP contribution in [0.3, 0.4) is 0 Å². The lowest BCUT2D eigenvalue weighted by molar-refractivity contribution is -0.127. The van der Waals surface area contributed by atoms with Gasteiger partial charge in [0.2, 0.25) is 5.91 Å². The monoisotopic (exact) mass is 573 g/mol. The molecule has 5 aromatic rings. The number of benzene rings is 1. The van der Waals surface area contributed by atoms with Gasteiger partial charge in [0, 0.05) is 24.8 Å². The molecule has 0 radical (unpaired) electrons. The standard InChI is InChI=1S/C28H22F3N9O2/c1-3-22(41)39-8-6-16(10-15(39)2)27-32-12-19-25(38-27)28(35-13-33-19)37-18-4-5-20(23(24(18)29)26(30)31)42-17-7-9-40-21(11-17)34-14-36-40/h3-5,7,9-15,26H,1,6,8H2,2H3,(H,33,35,37). The molecule has 6 rings (SSSR count). The van der Waals surface area contributed by atoms with Gasteiger partial charge in [-0.25, -0.2) is 42.6 Å². The number of pyridine rings is 1. The Kier molecular flexibility index (Phi) is 6.94. The molecule has 1 aliphatic rings. The predicted octanol–water partition coefficient (Wildman–Crippen LogP) is 5.27. The smallest absolute Gasteiger partial charge is 0.270 e. The van der Waals surface area contributed by atoms with Crippen LogP contribution in [0.5, 0.6) is 11.5 Å². The molecule has 1 N–H and O–H groups in total. The Balaban J connectivity index is 1.32. The summed E-state index contributed by atoms with van der Waals surface area (Å²) in [7, 11) is 0. The number of aromatic nitrogens is 7. The van der Waals surface area contributed by atoms with Crippen LogP contribution in [-0.2, 0) is 4.79 Å². The zero-order valence-corrected chi connectivity index (χ0v) is 22.1. The number of nitrogens with one attached hydrogen (secondary N) is 1. The summed E-state index contributed by atoms with van der Waals surface area (Å²) >= 11 is 0. The Labute approximate surface area is 236 Å². The minimum absolute atomic E-state index is 0.0987. The fourth-order valence-electron chi connectivity index (χ4n) is 4.70. The summed E-state index contributed by atoms with van der Waals surface area (Å²) < 4.78 is 50.8. The van der Waals surface area contributed by atoms with Crippen molar-refractivity contribution in [1.82, 2.24) is 39.4 Å². The van der Waals surface area contributed by atoms with E-state index in [4.69, 9.17) is 4.74 Å². The van der Waals surface area contributed by atoms with E-state index in [1.807, 2.05) is 13.0 Å². The molecule has 0 bridgehead atoms. The molecule has 0 saturated heterocycles. The van der Waals surface area contributed by atoms with Crippen molar-refractivity contribution < 1.29 is 22.7 Å². The topological polar surface area (TPSA) is 123 Å². The van der Waals surface area contributed by atoms with Crippen molar-refractivity contribution in [1.29, 1.82) is 0 Å². The Morgan fingerprint density at radius 3 is 2.83 bits per heavy atom. The highest BCUT2D eigenvalue weighted by molar-refractivity contribution is 5.89. The van der Waals surface area contributed by atoms with Crippen LogP contribution in [0.2, 0.25) is 0 Å². The number of nitrogens with zero attached hydrogens (tertiary/aromatic N) is 8. The highest BCUT2D eigenvalue weighted by atomic mass is 19.3. The average molecular weight is 574 g/mol. The van der Waals surface area contributed by atoms with Crippen molar-refractivity contribution in [3.8, 4) is 11.5 Å². The first kappa shape index (κ1) is 26.8. The molecule has 4 aromatic heterocycles. The summed E-state index contributed by atoms with van der Waals surface area (Å²) in [6.07, 6.45) is 6.10. The molecule has 1 aliphatic heterocycles. The second-order valence-electron chi connectivity index (χ2n) is 9.36. The second-order valence-corrected chi connectivity index (χ2v) is 9.36. The van der Waals surface area contributed by atoms with E-state index >= 15 is 4.39 Å². The number of alkyl halides is 2. The average Bonchev–Trinajstić information content (AvgIpc) is 3.46. The first-order chi connectivity index (χ1) is 20.3. The summed E-state index contributed by atoms with van der Waals surface area (Å²) in [4.78, 5) is 35.2. The molecule has 14 heteroatoms. The maximum absolute atomic E-state index is 15.5. The van der Waals surface area contributed by atoms with Crippen molar-refractivity contribution in [3.63, 3.8) is 0 Å². The largest absolute Gasteiger partial charge is 0.457 e. The second kappa shape index (κ2) is 10.9. The summed E-state index contributed by atoms with van der Waals surface area (Å²) in [5.74, 6) is -1.05. The van der Waals surface area contributed by atoms with E-state index in [9.17, 15) is 13.6 Å². The number of amides is 1. The van der Waals surface area contributed by atoms with Crippen molar-refractivity contribution >= 4 is 39.7 Å². The van der Waals surface area contributed by atoms with Gasteiger partial charge in [0.15, 0.2) is 23.1 Å². The number of hydrogen-bond acceptors (Lipinski definition) is 9. The van der Waals surface area contributed by atoms with Crippen molar-refractivity contribution in [2.75, 3.05) is 11.9 Å². The van der Waals surface area contributed by atoms with E-state index in [1.54, 1.807) is 11.1 Å². The molecule has 0 spiro atoms. The lowest BCUT2D eigenvalue weighted by Crippen LogP contribution is -2.39. The Morgan fingerprint density at radius 1 is 1.19 bits per heavy atom. The van der Waals surface area contributed by atoms with E-state index in [0.29, 0.717) is 30.0 Å². The van der Waals surface area contributed by atoms with Crippen LogP contribution in [-0.4, -0.2) is 57.9 Å². The van der Waals surface area contributed by atoms with Crippen LogP contribution in [0.15, 0.2) is 68.0 Å². The SMILES string of the molecule is C=CC(=O)N1CCC(c2ncc3ncnc(Nc4ccc(Oc5ccn6ncnc6c5)c(C(F)F)c4F)c3n2)=CC1C. The van der Waals surface area contributed by atoms with Crippen LogP contribution in [0.4, 0.5) is 24.7 Å². The molecule has 5 heterocycles. The summed E-state index contributed by atoms with van der Waals surface area (Å²) in [5, 5.41) is 6.75. The van der Waals surface area contributed by atoms with Gasteiger partial charge in [0.05, 0.1) is 17.4 Å². The van der Waals surface area contributed by atoms with Gasteiger partial charge in [-0.05, 0) is 43.2 Å². The third-order valence-corrected chi connectivity index (χ3v) is 6.77. The molecule has 0 fully saturated rings. The van der Waals surface area contributed by atoms with Crippen LogP contribution >= 0.6 is 0 Å². The molecule has 0 aliphatic carbocycles. The number of carbonyl (C=O) groups is 1. The van der Waals surface area contributed by atoms with Gasteiger partial charge in [-0.2, -0.15) is 5.10 Å². The Bertz CT molecular complexity index is 1870. The van der Waals surface area contributed by atoms with Crippen LogP contribution < -0.4 is 10.1 Å². The van der Waals surface area contributed by atoms with Crippen molar-refractivity contribution in [2.45, 2.75) is 25.8 Å². The lowest BCUT2D eigenvalue weighted by Gasteiger charge is -2.31. The van der Waals surface area contributed by atoms with Gasteiger partial charge in [-0.1, -0.05) is 12.7 Å². The van der Waals surface area contributed by atoms with Crippen LogP contribution in [0.25, 0.3) is 22.3 Å². The zero-order chi connectivity index (χ0) is 29.4. The van der Waals surface area contributed by atoms with E-state index < -0.39 is 17.8 Å². The normalized spacial score (nSPS) is 15.2. The minimum Gasteiger partial charge on any atom is -0.457 e.